The number of nitrogens with zero attached hydrogens (tertiary/aromatic N) is 2. The zero-order valence-electron chi connectivity index (χ0n) is 39.1. The summed E-state index contributed by atoms with van der Waals surface area (Å²) in [6.45, 7) is 23.9. The molecule has 60 heavy (non-hydrogen) atoms. The van der Waals surface area contributed by atoms with Gasteiger partial charge >= 0.3 is 5.97 Å². The fourth-order valence-electron chi connectivity index (χ4n) is 9.90. The van der Waals surface area contributed by atoms with Crippen molar-refractivity contribution in [3.8, 4) is 0 Å². The summed E-state index contributed by atoms with van der Waals surface area (Å²) in [5, 5.41) is 54.7. The van der Waals surface area contributed by atoms with Crippen LogP contribution in [0.1, 0.15) is 122 Å². The molecule has 0 saturated carbocycles. The number of hydrogen-bond acceptors (Lipinski definition) is 15. The number of carbonyl (C=O) groups excluding carboxylic acids is 1. The maximum atomic E-state index is 14.5. The van der Waals surface area contributed by atoms with Crippen LogP contribution >= 0.6 is 0 Å². The Kier molecular flexibility index (Phi) is 17.7. The van der Waals surface area contributed by atoms with E-state index in [2.05, 4.69) is 22.5 Å². The van der Waals surface area contributed by atoms with E-state index in [4.69, 9.17) is 33.2 Å². The summed E-state index contributed by atoms with van der Waals surface area (Å²) in [7, 11) is 3.51. The van der Waals surface area contributed by atoms with E-state index >= 15 is 0 Å². The molecule has 0 aliphatic carbocycles. The number of ether oxygens (including phenoxy) is 7. The van der Waals surface area contributed by atoms with E-state index in [9.17, 15) is 25.2 Å². The number of likely N-dealkylation sites (N-methyl/N-ethyl adjacent to an activating group) is 1. The van der Waals surface area contributed by atoms with E-state index < -0.39 is 95.5 Å². The molecule has 0 spiro atoms. The molecule has 0 aromatic heterocycles. The molecule has 0 bridgehead atoms. The Bertz CT molecular complexity index is 1410. The van der Waals surface area contributed by atoms with Crippen LogP contribution in [0.2, 0.25) is 0 Å². The van der Waals surface area contributed by atoms with Crippen LogP contribution in [0, 0.1) is 17.8 Å². The number of rotatable bonds is 12. The van der Waals surface area contributed by atoms with Crippen molar-refractivity contribution in [3.63, 3.8) is 0 Å². The van der Waals surface area contributed by atoms with Gasteiger partial charge in [-0.05, 0) is 99.6 Å². The van der Waals surface area contributed by atoms with E-state index in [0.717, 1.165) is 12.8 Å². The summed E-state index contributed by atoms with van der Waals surface area (Å²) < 4.78 is 45.6. The van der Waals surface area contributed by atoms with Crippen molar-refractivity contribution in [2.24, 2.45) is 22.7 Å². The molecule has 6 N–H and O–H groups in total. The van der Waals surface area contributed by atoms with E-state index in [1.54, 1.807) is 41.7 Å². The minimum absolute atomic E-state index is 0.0953. The highest BCUT2D eigenvalue weighted by Gasteiger charge is 2.59. The van der Waals surface area contributed by atoms with Crippen LogP contribution in [-0.2, 0) is 38.0 Å². The molecule has 16 heteroatoms. The summed E-state index contributed by atoms with van der Waals surface area (Å²) in [6.07, 6.45) is -4.81. The molecule has 0 unspecified atom stereocenters. The molecular formula is C44H82N4O12. The van der Waals surface area contributed by atoms with Gasteiger partial charge in [0.2, 0.25) is 0 Å². The second-order valence-electron chi connectivity index (χ2n) is 19.1. The molecule has 0 aromatic carbocycles. The van der Waals surface area contributed by atoms with Crippen molar-refractivity contribution < 1.29 is 58.4 Å². The van der Waals surface area contributed by atoms with Crippen LogP contribution in [0.3, 0.4) is 0 Å². The first kappa shape index (κ1) is 50.9. The molecule has 4 aliphatic heterocycles. The van der Waals surface area contributed by atoms with Gasteiger partial charge in [0.1, 0.15) is 29.0 Å². The molecular weight excluding hydrogens is 776 g/mol. The van der Waals surface area contributed by atoms with Crippen molar-refractivity contribution in [2.75, 3.05) is 40.3 Å². The fraction of sp³-hybridized carbons (Fsp3) is 0.955. The van der Waals surface area contributed by atoms with Crippen LogP contribution in [-0.4, -0.2) is 167 Å². The van der Waals surface area contributed by atoms with Crippen molar-refractivity contribution in [1.29, 1.82) is 0 Å². The number of carbonyl (C=O) groups is 1. The summed E-state index contributed by atoms with van der Waals surface area (Å²) in [6, 6.07) is -0.165. The van der Waals surface area contributed by atoms with Crippen molar-refractivity contribution in [1.82, 2.24) is 15.5 Å². The van der Waals surface area contributed by atoms with Crippen LogP contribution in [0.5, 0.6) is 0 Å². The first-order valence-corrected chi connectivity index (χ1v) is 22.6. The number of aliphatic imine (C=N–C) groups is 1. The molecule has 4 rings (SSSR count). The number of aliphatic hydroxyl groups excluding tert-OH is 1. The fourth-order valence-corrected chi connectivity index (χ4v) is 9.90. The number of nitrogens with one attached hydrogen (secondary N) is 2. The third kappa shape index (κ3) is 11.0. The van der Waals surface area contributed by atoms with Gasteiger partial charge in [0.15, 0.2) is 18.7 Å². The summed E-state index contributed by atoms with van der Waals surface area (Å²) in [4.78, 5) is 21.2. The molecule has 4 heterocycles. The Morgan fingerprint density at radius 2 is 1.65 bits per heavy atom. The molecule has 350 valence electrons. The Morgan fingerprint density at radius 1 is 0.967 bits per heavy atom. The molecule has 4 saturated heterocycles. The van der Waals surface area contributed by atoms with Gasteiger partial charge in [-0.2, -0.15) is 0 Å². The van der Waals surface area contributed by atoms with E-state index in [1.807, 2.05) is 46.6 Å². The Hall–Kier alpha value is -1.70. The predicted octanol–water partition coefficient (Wildman–Crippen LogP) is 3.10. The number of esters is 1. The Morgan fingerprint density at radius 3 is 2.27 bits per heavy atom. The zero-order valence-corrected chi connectivity index (χ0v) is 39.1. The lowest BCUT2D eigenvalue weighted by Gasteiger charge is -2.53. The minimum Gasteiger partial charge on any atom is -0.459 e. The lowest BCUT2D eigenvalue weighted by atomic mass is 9.75. The van der Waals surface area contributed by atoms with Crippen LogP contribution < -0.4 is 10.6 Å². The maximum Gasteiger partial charge on any atom is 0.311 e. The van der Waals surface area contributed by atoms with Crippen molar-refractivity contribution in [3.05, 3.63) is 0 Å². The van der Waals surface area contributed by atoms with Gasteiger partial charge in [-0.15, -0.1) is 0 Å². The Labute approximate surface area is 359 Å². The highest BCUT2D eigenvalue weighted by atomic mass is 16.7. The van der Waals surface area contributed by atoms with Gasteiger partial charge in [0.05, 0.1) is 42.0 Å². The molecule has 0 aromatic rings. The number of fused-ring (bicyclic) bond motifs is 1. The minimum atomic E-state index is -1.81. The lowest BCUT2D eigenvalue weighted by molar-refractivity contribution is -0.335. The average Bonchev–Trinajstić information content (AvgIpc) is 3.50. The molecule has 0 radical (unpaired) electrons. The second-order valence-corrected chi connectivity index (χ2v) is 19.1. The van der Waals surface area contributed by atoms with Gasteiger partial charge < -0.3 is 69.1 Å². The number of methoxy groups -OCH3 is 1. The van der Waals surface area contributed by atoms with Crippen LogP contribution in [0.4, 0.5) is 0 Å². The first-order valence-electron chi connectivity index (χ1n) is 22.6. The summed E-state index contributed by atoms with van der Waals surface area (Å²) in [5.74, 6) is -2.57. The first-order chi connectivity index (χ1) is 28.0. The summed E-state index contributed by atoms with van der Waals surface area (Å²) >= 11 is 0. The van der Waals surface area contributed by atoms with Crippen LogP contribution in [0.15, 0.2) is 4.99 Å². The largest absolute Gasteiger partial charge is 0.459 e. The van der Waals surface area contributed by atoms with E-state index in [-0.39, 0.29) is 43.9 Å². The molecule has 4 aliphatic rings. The van der Waals surface area contributed by atoms with E-state index in [0.29, 0.717) is 32.1 Å². The quantitative estimate of drug-likeness (QED) is 0.123. The molecule has 16 nitrogen and oxygen atoms in total. The van der Waals surface area contributed by atoms with Gasteiger partial charge in [-0.25, -0.2) is 4.99 Å². The predicted molar refractivity (Wildman–Crippen MR) is 227 cm³/mol. The average molecular weight is 859 g/mol. The topological polar surface area (TPSA) is 202 Å². The zero-order chi connectivity index (χ0) is 45.0. The second kappa shape index (κ2) is 20.9. The van der Waals surface area contributed by atoms with Gasteiger partial charge in [0, 0.05) is 45.6 Å². The van der Waals surface area contributed by atoms with Gasteiger partial charge in [0.25, 0.3) is 6.02 Å². The standard InChI is InChI=1S/C44H82N4O12/c1-15-18-45-24-44(53)30(9)56-33(22-42(44,11)54-14)58-34-27(6)37(60-39-35-31(20-26(5)55-39)48(13)40(59-35)46-19-16-2)41(10,51)21-25(4)23-47-29(8)36(49)43(12,52)32(17-3)57-38(50)28(34)7/h25-37,39,45,47,49,51-53H,15-24H2,1-14H3/t25-,26-,27+,28-,29-,30+,31+,32-,33+,34+,35-,36-,37-,39+,41-,42-,43-,44+/m1/s1. The van der Waals surface area contributed by atoms with E-state index in [1.165, 1.54) is 6.92 Å². The van der Waals surface area contributed by atoms with Gasteiger partial charge in [-0.3, -0.25) is 4.79 Å². The van der Waals surface area contributed by atoms with Crippen LogP contribution in [0.25, 0.3) is 0 Å². The third-order valence-corrected chi connectivity index (χ3v) is 13.8. The molecule has 0 amide bonds. The number of hydrogen-bond donors (Lipinski definition) is 6. The van der Waals surface area contributed by atoms with Crippen molar-refractivity contribution >= 4 is 12.0 Å². The number of aliphatic hydroxyl groups is 4. The number of cyclic esters (lactones) is 1. The molecule has 18 atom stereocenters. The monoisotopic (exact) mass is 859 g/mol. The third-order valence-electron chi connectivity index (χ3n) is 13.8. The highest BCUT2D eigenvalue weighted by molar-refractivity contribution is 5.76. The smallest absolute Gasteiger partial charge is 0.311 e. The van der Waals surface area contributed by atoms with Gasteiger partial charge in [-0.1, -0.05) is 34.6 Å². The summed E-state index contributed by atoms with van der Waals surface area (Å²) in [5.41, 5.74) is -5.90. The molecule has 4 fully saturated rings. The number of amidine groups is 1. The lowest BCUT2D eigenvalue weighted by Crippen LogP contribution is -2.70. The van der Waals surface area contributed by atoms with Crippen molar-refractivity contribution in [2.45, 2.75) is 211 Å². The maximum absolute atomic E-state index is 14.5. The normalized spacial score (nSPS) is 46.9. The SMILES string of the molecule is CCCN=C1O[C@H]2[C@H](O[C@@H]3[C@@H](C)[C@H](O[C@H]4C[C@@](C)(OC)[C@](O)(CNCCC)[C@H](C)O4)[C@@H](C)C(=O)O[C@H](CC)[C@@](C)(O)[C@H](O)[C@@H](C)NC[C@H](C)C[C@@]3(C)O)O[C@H](C)C[C@@H]2N1C. The highest BCUT2D eigenvalue weighted by Crippen LogP contribution is 2.43. The Balaban J connectivity index is 1.81.